The van der Waals surface area contributed by atoms with E-state index >= 15 is 0 Å². The van der Waals surface area contributed by atoms with Crippen molar-refractivity contribution in [2.75, 3.05) is 24.2 Å². The number of hydrogen-bond acceptors (Lipinski definition) is 6. The van der Waals surface area contributed by atoms with Gasteiger partial charge < -0.3 is 10.2 Å². The van der Waals surface area contributed by atoms with Crippen LogP contribution in [0, 0.1) is 19.8 Å². The molecule has 1 N–H and O–H groups in total. The number of aromatic nitrogens is 2. The summed E-state index contributed by atoms with van der Waals surface area (Å²) in [6.07, 6.45) is 2.88. The highest BCUT2D eigenvalue weighted by Crippen LogP contribution is 2.25. The van der Waals surface area contributed by atoms with Crippen molar-refractivity contribution in [2.45, 2.75) is 38.1 Å². The molecule has 3 aromatic rings. The highest BCUT2D eigenvalue weighted by atomic mass is 32.2. The summed E-state index contributed by atoms with van der Waals surface area (Å²) in [4.78, 5) is 24.4. The Hall–Kier alpha value is -3.00. The van der Waals surface area contributed by atoms with Crippen molar-refractivity contribution in [1.82, 2.24) is 15.3 Å². The maximum atomic E-state index is 12.8. The van der Waals surface area contributed by atoms with E-state index in [-0.39, 0.29) is 16.7 Å². The molecule has 1 atom stereocenters. The van der Waals surface area contributed by atoms with Gasteiger partial charge in [-0.2, -0.15) is 0 Å². The van der Waals surface area contributed by atoms with Crippen LogP contribution in [0.1, 0.15) is 29.7 Å². The fraction of sp³-hybridized carbons (Fsp3) is 0.375. The largest absolute Gasteiger partial charge is 0.352 e. The molecule has 1 aromatic heterocycles. The number of nitrogens with zero attached hydrogens (tertiary/aromatic N) is 3. The second kappa shape index (κ2) is 8.86. The summed E-state index contributed by atoms with van der Waals surface area (Å²) in [5.41, 5.74) is 3.65. The predicted octanol–water partition coefficient (Wildman–Crippen LogP) is 3.18. The number of amides is 1. The summed E-state index contributed by atoms with van der Waals surface area (Å²) in [7, 11) is -3.32. The Kier molecular flexibility index (Phi) is 6.15. The van der Waals surface area contributed by atoms with Gasteiger partial charge in [0.05, 0.1) is 22.0 Å². The number of sulfone groups is 1. The minimum atomic E-state index is -3.32. The molecule has 0 unspecified atom stereocenters. The van der Waals surface area contributed by atoms with Crippen LogP contribution in [0.2, 0.25) is 0 Å². The van der Waals surface area contributed by atoms with Crippen LogP contribution in [0.3, 0.4) is 0 Å². The Morgan fingerprint density at radius 3 is 2.59 bits per heavy atom. The van der Waals surface area contributed by atoms with Gasteiger partial charge in [-0.25, -0.2) is 18.4 Å². The number of carbonyl (C=O) groups excluding carboxylic acids is 1. The Labute approximate surface area is 188 Å². The van der Waals surface area contributed by atoms with Crippen molar-refractivity contribution in [1.29, 1.82) is 0 Å². The highest BCUT2D eigenvalue weighted by Gasteiger charge is 2.27. The Morgan fingerprint density at radius 2 is 1.88 bits per heavy atom. The monoisotopic (exact) mass is 452 g/mol. The van der Waals surface area contributed by atoms with E-state index in [1.165, 1.54) is 11.8 Å². The predicted molar refractivity (Wildman–Crippen MR) is 125 cm³/mol. The molecule has 0 radical (unpaired) electrons. The maximum Gasteiger partial charge on any atom is 0.226 e. The van der Waals surface area contributed by atoms with Gasteiger partial charge >= 0.3 is 0 Å². The number of piperidine rings is 1. The molecule has 32 heavy (non-hydrogen) atoms. The van der Waals surface area contributed by atoms with E-state index in [1.807, 2.05) is 43.0 Å². The summed E-state index contributed by atoms with van der Waals surface area (Å²) in [6.45, 7) is 5.74. The molecule has 0 spiro atoms. The summed E-state index contributed by atoms with van der Waals surface area (Å²) in [5, 5.41) is 3.88. The lowest BCUT2D eigenvalue weighted by Gasteiger charge is -2.32. The van der Waals surface area contributed by atoms with Gasteiger partial charge in [-0.05, 0) is 50.5 Å². The van der Waals surface area contributed by atoms with Crippen molar-refractivity contribution >= 4 is 32.6 Å². The first kappa shape index (κ1) is 22.2. The zero-order chi connectivity index (χ0) is 22.9. The van der Waals surface area contributed by atoms with E-state index < -0.39 is 9.84 Å². The Balaban J connectivity index is 1.50. The second-order valence-corrected chi connectivity index (χ2v) is 10.6. The molecule has 7 nitrogen and oxygen atoms in total. The number of aryl methyl sites for hydroxylation is 2. The lowest BCUT2D eigenvalue weighted by Crippen LogP contribution is -2.43. The number of anilines is 1. The molecule has 168 valence electrons. The SMILES string of the molecule is Cc1ccc(CNC(=O)[C@H]2CCCN(c3nc(C)c4ccc(S(C)(=O)=O)cc4n3)C2)cc1. The summed E-state index contributed by atoms with van der Waals surface area (Å²) >= 11 is 0. The first-order valence-corrected chi connectivity index (χ1v) is 12.7. The smallest absolute Gasteiger partial charge is 0.226 e. The van der Waals surface area contributed by atoms with Crippen LogP contribution < -0.4 is 10.2 Å². The third-order valence-electron chi connectivity index (χ3n) is 5.94. The third-order valence-corrected chi connectivity index (χ3v) is 7.05. The first-order chi connectivity index (χ1) is 15.2. The van der Waals surface area contributed by atoms with Crippen LogP contribution in [0.4, 0.5) is 5.95 Å². The normalized spacial score (nSPS) is 16.8. The van der Waals surface area contributed by atoms with Crippen molar-refractivity contribution in [2.24, 2.45) is 5.92 Å². The highest BCUT2D eigenvalue weighted by molar-refractivity contribution is 7.90. The molecule has 1 fully saturated rings. The molecule has 1 saturated heterocycles. The molecule has 4 rings (SSSR count). The van der Waals surface area contributed by atoms with Crippen LogP contribution >= 0.6 is 0 Å². The van der Waals surface area contributed by atoms with Gasteiger partial charge in [0, 0.05) is 31.3 Å². The molecule has 2 aromatic carbocycles. The van der Waals surface area contributed by atoms with Crippen molar-refractivity contribution in [3.8, 4) is 0 Å². The summed E-state index contributed by atoms with van der Waals surface area (Å²) in [5.74, 6) is 0.431. The van der Waals surface area contributed by atoms with E-state index in [0.717, 1.165) is 36.0 Å². The lowest BCUT2D eigenvalue weighted by atomic mass is 9.97. The Bertz CT molecular complexity index is 1260. The number of carbonyl (C=O) groups is 1. The van der Waals surface area contributed by atoms with E-state index in [0.29, 0.717) is 24.6 Å². The average Bonchev–Trinajstić information content (AvgIpc) is 2.77. The Morgan fingerprint density at radius 1 is 1.12 bits per heavy atom. The van der Waals surface area contributed by atoms with Gasteiger partial charge in [0.1, 0.15) is 0 Å². The molecule has 2 heterocycles. The topological polar surface area (TPSA) is 92.3 Å². The van der Waals surface area contributed by atoms with Crippen LogP contribution in [0.5, 0.6) is 0 Å². The number of benzene rings is 2. The number of hydrogen-bond donors (Lipinski definition) is 1. The second-order valence-electron chi connectivity index (χ2n) is 8.55. The first-order valence-electron chi connectivity index (χ1n) is 10.8. The minimum absolute atomic E-state index is 0.0344. The molecule has 0 bridgehead atoms. The minimum Gasteiger partial charge on any atom is -0.352 e. The van der Waals surface area contributed by atoms with Crippen LogP contribution in [0.15, 0.2) is 47.4 Å². The summed E-state index contributed by atoms with van der Waals surface area (Å²) in [6, 6.07) is 13.1. The van der Waals surface area contributed by atoms with Gasteiger partial charge in [0.2, 0.25) is 11.9 Å². The van der Waals surface area contributed by atoms with Crippen molar-refractivity contribution in [3.05, 3.63) is 59.3 Å². The zero-order valence-corrected chi connectivity index (χ0v) is 19.4. The van der Waals surface area contributed by atoms with E-state index in [1.54, 1.807) is 18.2 Å². The van der Waals surface area contributed by atoms with Crippen LogP contribution in [-0.2, 0) is 21.2 Å². The molecule has 0 saturated carbocycles. The number of rotatable bonds is 5. The number of fused-ring (bicyclic) bond motifs is 1. The standard InChI is InChI=1S/C24H28N4O3S/c1-16-6-8-18(9-7-16)14-25-23(29)19-5-4-12-28(15-19)24-26-17(2)21-11-10-20(32(3,30)31)13-22(21)27-24/h6-11,13,19H,4-5,12,14-15H2,1-3H3,(H,25,29)/t19-/m0/s1. The molecular formula is C24H28N4O3S. The van der Waals surface area contributed by atoms with Crippen LogP contribution in [0.25, 0.3) is 10.9 Å². The molecule has 8 heteroatoms. The molecule has 1 amide bonds. The van der Waals surface area contributed by atoms with E-state index in [4.69, 9.17) is 0 Å². The fourth-order valence-corrected chi connectivity index (χ4v) is 4.68. The quantitative estimate of drug-likeness (QED) is 0.639. The van der Waals surface area contributed by atoms with Gasteiger partial charge in [0.25, 0.3) is 0 Å². The van der Waals surface area contributed by atoms with Gasteiger partial charge in [-0.15, -0.1) is 0 Å². The maximum absolute atomic E-state index is 12.8. The van der Waals surface area contributed by atoms with Crippen molar-refractivity contribution in [3.63, 3.8) is 0 Å². The van der Waals surface area contributed by atoms with Crippen molar-refractivity contribution < 1.29 is 13.2 Å². The average molecular weight is 453 g/mol. The lowest BCUT2D eigenvalue weighted by molar-refractivity contribution is -0.125. The van der Waals surface area contributed by atoms with Gasteiger partial charge in [0.15, 0.2) is 9.84 Å². The molecular weight excluding hydrogens is 424 g/mol. The fourth-order valence-electron chi connectivity index (χ4n) is 4.04. The van der Waals surface area contributed by atoms with Crippen LogP contribution in [-0.4, -0.2) is 43.6 Å². The van der Waals surface area contributed by atoms with Gasteiger partial charge in [-0.3, -0.25) is 4.79 Å². The molecule has 1 aliphatic heterocycles. The third kappa shape index (κ3) is 4.91. The van der Waals surface area contributed by atoms with E-state index in [9.17, 15) is 13.2 Å². The summed E-state index contributed by atoms with van der Waals surface area (Å²) < 4.78 is 23.9. The molecule has 1 aliphatic rings. The van der Waals surface area contributed by atoms with E-state index in [2.05, 4.69) is 15.3 Å². The number of nitrogens with one attached hydrogen (secondary N) is 1. The van der Waals surface area contributed by atoms with Gasteiger partial charge in [-0.1, -0.05) is 29.8 Å². The molecule has 0 aliphatic carbocycles. The zero-order valence-electron chi connectivity index (χ0n) is 18.6.